The number of carbonyl (C=O) groups excluding carboxylic acids is 3. The molecule has 3 aliphatic rings. The summed E-state index contributed by atoms with van der Waals surface area (Å²) in [5, 5.41) is 5.42. The monoisotopic (exact) mass is 581 g/mol. The number of piperidine rings is 1. The molecule has 0 radical (unpaired) electrons. The topological polar surface area (TPSA) is 123 Å². The number of halogens is 1. The van der Waals surface area contributed by atoms with Crippen molar-refractivity contribution in [2.75, 3.05) is 26.8 Å². The molecule has 4 rings (SSSR count). The Labute approximate surface area is 234 Å². The number of nitrogens with zero attached hydrogens (tertiary/aromatic N) is 1. The Bertz CT molecular complexity index is 1200. The van der Waals surface area contributed by atoms with Crippen molar-refractivity contribution in [3.63, 3.8) is 0 Å². The van der Waals surface area contributed by atoms with E-state index in [2.05, 4.69) is 10.6 Å². The molecule has 10 nitrogen and oxygen atoms in total. The fraction of sp³-hybridized carbons (Fsp3) is 0.593. The fourth-order valence-corrected chi connectivity index (χ4v) is 7.10. The molecule has 0 aliphatic carbocycles. The quantitative estimate of drug-likeness (QED) is 0.348. The molecule has 0 bridgehead atoms. The molecule has 2 fully saturated rings. The Morgan fingerprint density at radius 3 is 2.59 bits per heavy atom. The molecule has 39 heavy (non-hydrogen) atoms. The molecule has 0 saturated carbocycles. The number of imide groups is 1. The van der Waals surface area contributed by atoms with Gasteiger partial charge in [-0.15, -0.1) is 0 Å². The Hall–Kier alpha value is -2.23. The maximum absolute atomic E-state index is 13.2. The lowest BCUT2D eigenvalue weighted by Gasteiger charge is -2.36. The largest absolute Gasteiger partial charge is 0.496 e. The summed E-state index contributed by atoms with van der Waals surface area (Å²) in [5.41, 5.74) is 3.00. The molecule has 1 aromatic rings. The van der Waals surface area contributed by atoms with Gasteiger partial charge in [0.25, 0.3) is 11.8 Å². The van der Waals surface area contributed by atoms with Crippen molar-refractivity contribution in [3.05, 3.63) is 40.5 Å². The van der Waals surface area contributed by atoms with Crippen LogP contribution in [0.1, 0.15) is 60.5 Å². The molecule has 2 unspecified atom stereocenters. The van der Waals surface area contributed by atoms with Gasteiger partial charge in [0.05, 0.1) is 31.8 Å². The Morgan fingerprint density at radius 1 is 1.18 bits per heavy atom. The molecule has 0 spiro atoms. The molecular formula is C27H37ClN3O7P. The van der Waals surface area contributed by atoms with Gasteiger partial charge in [0, 0.05) is 30.3 Å². The van der Waals surface area contributed by atoms with E-state index in [9.17, 15) is 18.9 Å². The van der Waals surface area contributed by atoms with Crippen molar-refractivity contribution in [2.45, 2.75) is 71.1 Å². The smallest absolute Gasteiger partial charge is 0.363 e. The van der Waals surface area contributed by atoms with Crippen LogP contribution in [0, 0.1) is 19.8 Å². The zero-order chi connectivity index (χ0) is 28.3. The molecule has 0 aromatic heterocycles. The maximum Gasteiger partial charge on any atom is 0.363 e. The van der Waals surface area contributed by atoms with Crippen molar-refractivity contribution < 1.29 is 32.9 Å². The van der Waals surface area contributed by atoms with Crippen LogP contribution in [0.4, 0.5) is 0 Å². The zero-order valence-corrected chi connectivity index (χ0v) is 24.5. The van der Waals surface area contributed by atoms with Crippen molar-refractivity contribution >= 4 is 35.8 Å². The summed E-state index contributed by atoms with van der Waals surface area (Å²) >= 11 is 6.38. The molecule has 214 valence electrons. The molecule has 2 saturated heterocycles. The van der Waals surface area contributed by atoms with Crippen LogP contribution >= 0.6 is 18.1 Å². The Morgan fingerprint density at radius 2 is 1.90 bits per heavy atom. The van der Waals surface area contributed by atoms with E-state index in [4.69, 9.17) is 25.2 Å². The summed E-state index contributed by atoms with van der Waals surface area (Å²) in [7, 11) is 1.58. The van der Waals surface area contributed by atoms with E-state index in [1.807, 2.05) is 19.9 Å². The van der Waals surface area contributed by atoms with E-state index in [0.717, 1.165) is 17.5 Å². The predicted molar refractivity (Wildman–Crippen MR) is 147 cm³/mol. The van der Waals surface area contributed by atoms with Gasteiger partial charge >= 0.3 is 6.87 Å². The Kier molecular flexibility index (Phi) is 9.55. The highest BCUT2D eigenvalue weighted by Crippen LogP contribution is 2.57. The molecule has 3 aliphatic heterocycles. The molecule has 1 aromatic carbocycles. The van der Waals surface area contributed by atoms with Gasteiger partial charge in [0.1, 0.15) is 5.75 Å². The lowest BCUT2D eigenvalue weighted by molar-refractivity contribution is -0.139. The summed E-state index contributed by atoms with van der Waals surface area (Å²) in [6.45, 7) is 2.83. The van der Waals surface area contributed by atoms with Crippen LogP contribution in [0.25, 0.3) is 0 Å². The average molecular weight is 582 g/mol. The maximum atomic E-state index is 13.2. The van der Waals surface area contributed by atoms with Gasteiger partial charge in [-0.05, 0) is 87.4 Å². The van der Waals surface area contributed by atoms with Crippen molar-refractivity contribution in [1.82, 2.24) is 15.3 Å². The summed E-state index contributed by atoms with van der Waals surface area (Å²) in [4.78, 5) is 36.9. The number of hydrogen-bond acceptors (Lipinski definition) is 7. The second-order valence-electron chi connectivity index (χ2n) is 10.5. The van der Waals surface area contributed by atoms with Crippen molar-refractivity contribution in [1.29, 1.82) is 0 Å². The lowest BCUT2D eigenvalue weighted by Crippen LogP contribution is -2.47. The molecule has 12 heteroatoms. The fourth-order valence-electron chi connectivity index (χ4n) is 5.25. The normalized spacial score (nSPS) is 26.4. The second-order valence-corrected chi connectivity index (χ2v) is 13.5. The van der Waals surface area contributed by atoms with Gasteiger partial charge < -0.3 is 19.3 Å². The first-order valence-electron chi connectivity index (χ1n) is 13.3. The van der Waals surface area contributed by atoms with Gasteiger partial charge in [-0.1, -0.05) is 6.08 Å². The summed E-state index contributed by atoms with van der Waals surface area (Å²) in [6, 6.07) is 3.51. The summed E-state index contributed by atoms with van der Waals surface area (Å²) < 4.78 is 32.0. The summed E-state index contributed by atoms with van der Waals surface area (Å²) in [6.07, 6.45) is 4.26. The van der Waals surface area contributed by atoms with E-state index in [1.54, 1.807) is 30.8 Å². The third kappa shape index (κ3) is 7.11. The SMILES string of the molecule is COc1cc(C(=O)NC2CCN(P(=O)(Cl)OC[C@@H]3CCC[C@H](C4C=C(C)C(=O)NC4=O)O3)CC2)cc(C)c1C. The molecular weight excluding hydrogens is 545 g/mol. The third-order valence-electron chi connectivity index (χ3n) is 7.78. The van der Waals surface area contributed by atoms with Crippen LogP contribution in [0.15, 0.2) is 23.8 Å². The molecule has 3 heterocycles. The molecule has 4 atom stereocenters. The predicted octanol–water partition coefficient (Wildman–Crippen LogP) is 4.03. The highest BCUT2D eigenvalue weighted by molar-refractivity contribution is 7.83. The number of nitrogens with one attached hydrogen (secondary N) is 2. The van der Waals surface area contributed by atoms with Gasteiger partial charge in [-0.25, -0.2) is 4.67 Å². The first kappa shape index (κ1) is 29.7. The van der Waals surface area contributed by atoms with Gasteiger partial charge in [0.15, 0.2) is 0 Å². The standard InChI is InChI=1S/C27H37ClN3O7P/c1-16-12-19(14-24(36-4)18(16)3)26(33)29-20-8-10-31(11-9-20)39(28,35)37-15-21-6-5-7-23(38-21)22-13-17(2)25(32)30-27(22)34/h12-14,20-23H,5-11,15H2,1-4H3,(H,29,33)(H,30,32,34)/t21-,22?,23+,39?/m0/s1. The van der Waals surface area contributed by atoms with E-state index >= 15 is 0 Å². The number of carbonyl (C=O) groups is 3. The van der Waals surface area contributed by atoms with Crippen LogP contribution in [0.2, 0.25) is 0 Å². The number of rotatable bonds is 8. The minimum atomic E-state index is -3.60. The van der Waals surface area contributed by atoms with Crippen LogP contribution in [0.3, 0.4) is 0 Å². The van der Waals surface area contributed by atoms with E-state index in [-0.39, 0.29) is 42.6 Å². The number of methoxy groups -OCH3 is 1. The minimum Gasteiger partial charge on any atom is -0.496 e. The first-order chi connectivity index (χ1) is 18.5. The average Bonchev–Trinajstić information content (AvgIpc) is 2.91. The van der Waals surface area contributed by atoms with E-state index < -0.39 is 12.8 Å². The van der Waals surface area contributed by atoms with Gasteiger partial charge in [-0.2, -0.15) is 0 Å². The van der Waals surface area contributed by atoms with E-state index in [1.165, 1.54) is 0 Å². The van der Waals surface area contributed by atoms with Crippen molar-refractivity contribution in [3.8, 4) is 5.75 Å². The zero-order valence-electron chi connectivity index (χ0n) is 22.8. The second kappa shape index (κ2) is 12.5. The molecule has 2 N–H and O–H groups in total. The minimum absolute atomic E-state index is 0.0402. The first-order valence-corrected chi connectivity index (χ1v) is 15.8. The number of aryl methyl sites for hydroxylation is 1. The summed E-state index contributed by atoms with van der Waals surface area (Å²) in [5.74, 6) is -0.805. The lowest BCUT2D eigenvalue weighted by atomic mass is 9.89. The number of amides is 3. The number of ether oxygens (including phenoxy) is 2. The Balaban J connectivity index is 1.26. The highest BCUT2D eigenvalue weighted by atomic mass is 35.7. The highest BCUT2D eigenvalue weighted by Gasteiger charge is 2.38. The van der Waals surface area contributed by atoms with Gasteiger partial charge in [0.2, 0.25) is 5.91 Å². The van der Waals surface area contributed by atoms with Gasteiger partial charge in [-0.3, -0.25) is 24.3 Å². The molecule has 3 amide bonds. The van der Waals surface area contributed by atoms with E-state index in [0.29, 0.717) is 55.7 Å². The van der Waals surface area contributed by atoms with Crippen LogP contribution in [0.5, 0.6) is 5.75 Å². The van der Waals surface area contributed by atoms with Crippen LogP contribution in [-0.4, -0.2) is 67.4 Å². The van der Waals surface area contributed by atoms with Crippen LogP contribution < -0.4 is 15.4 Å². The van der Waals surface area contributed by atoms with Crippen LogP contribution in [-0.2, 0) is 23.4 Å². The number of hydrogen-bond donors (Lipinski definition) is 2. The number of benzene rings is 1. The van der Waals surface area contributed by atoms with Crippen molar-refractivity contribution in [2.24, 2.45) is 5.92 Å². The third-order valence-corrected chi connectivity index (χ3v) is 10.3.